The Kier molecular flexibility index (Phi) is 8.31. The van der Waals surface area contributed by atoms with Crippen molar-refractivity contribution in [3.05, 3.63) is 68.4 Å². The van der Waals surface area contributed by atoms with Crippen molar-refractivity contribution in [1.82, 2.24) is 29.0 Å². The number of ether oxygens (including phenoxy) is 3. The second kappa shape index (κ2) is 11.8. The number of carbonyl (C=O) groups excluding carboxylic acids is 2. The molecule has 43 heavy (non-hydrogen) atoms. The quantitative estimate of drug-likeness (QED) is 0.194. The van der Waals surface area contributed by atoms with E-state index in [1.54, 1.807) is 6.92 Å². The summed E-state index contributed by atoms with van der Waals surface area (Å²) in [5.74, 6) is -1.28. The number of thiophene rings is 1. The molecule has 15 heteroatoms. The van der Waals surface area contributed by atoms with E-state index in [0.717, 1.165) is 20.8 Å². The van der Waals surface area contributed by atoms with Gasteiger partial charge in [0.05, 0.1) is 44.6 Å². The van der Waals surface area contributed by atoms with E-state index in [9.17, 15) is 23.6 Å². The van der Waals surface area contributed by atoms with E-state index in [1.165, 1.54) is 68.1 Å². The number of aryl methyl sites for hydroxylation is 1. The van der Waals surface area contributed by atoms with Crippen LogP contribution in [0, 0.1) is 12.7 Å². The standard InChI is InChI=1S/C28H31FN6O7S/c1-16-22-23(37)34(28(2)9-8-21(36)32(3)26(28)38)27(39)33(25(22)43-24(16)35-30-10-11-31-35)15-20(42-13-12-40-4)18-14-17(29)6-7-19(18)41-5/h6-7,10-11,14,20H,8-9,12-13,15H2,1-5H3/t20-,28-/m0/s1. The molecule has 5 rings (SSSR count). The average Bonchev–Trinajstić information content (AvgIpc) is 3.64. The zero-order chi connectivity index (χ0) is 31.1. The molecule has 0 N–H and O–H groups in total. The molecule has 0 unspecified atom stereocenters. The van der Waals surface area contributed by atoms with Crippen LogP contribution < -0.4 is 16.0 Å². The molecule has 1 aromatic carbocycles. The zero-order valence-electron chi connectivity index (χ0n) is 24.3. The minimum absolute atomic E-state index is 0.0308. The van der Waals surface area contributed by atoms with Crippen molar-refractivity contribution in [2.45, 2.75) is 44.9 Å². The van der Waals surface area contributed by atoms with Crippen molar-refractivity contribution in [2.24, 2.45) is 0 Å². The van der Waals surface area contributed by atoms with Crippen LogP contribution >= 0.6 is 11.3 Å². The van der Waals surface area contributed by atoms with E-state index < -0.39 is 40.5 Å². The van der Waals surface area contributed by atoms with Gasteiger partial charge in [0.25, 0.3) is 11.5 Å². The fourth-order valence-electron chi connectivity index (χ4n) is 5.39. The molecule has 228 valence electrons. The Morgan fingerprint density at radius 1 is 1.12 bits per heavy atom. The first kappa shape index (κ1) is 30.3. The van der Waals surface area contributed by atoms with Crippen molar-refractivity contribution >= 4 is 33.4 Å². The van der Waals surface area contributed by atoms with E-state index in [0.29, 0.717) is 26.7 Å². The number of piperidine rings is 1. The van der Waals surface area contributed by atoms with Crippen LogP contribution in [0.15, 0.2) is 40.2 Å². The SMILES string of the molecule is COCCO[C@@H](Cn1c(=O)n([C@@]2(C)CCC(=O)N(C)C2=O)c(=O)c2c(C)c(-n3nccn3)sc21)c1cc(F)ccc1OC. The highest BCUT2D eigenvalue weighted by atomic mass is 32.1. The summed E-state index contributed by atoms with van der Waals surface area (Å²) in [7, 11) is 4.28. The van der Waals surface area contributed by atoms with Gasteiger partial charge < -0.3 is 14.2 Å². The molecular weight excluding hydrogens is 583 g/mol. The van der Waals surface area contributed by atoms with Gasteiger partial charge in [0.2, 0.25) is 5.91 Å². The number of hydrogen-bond donors (Lipinski definition) is 0. The Bertz CT molecular complexity index is 1810. The molecule has 0 spiro atoms. The average molecular weight is 615 g/mol. The number of methoxy groups -OCH3 is 2. The Hall–Kier alpha value is -4.21. The van der Waals surface area contributed by atoms with Gasteiger partial charge in [-0.15, -0.1) is 4.80 Å². The number of fused-ring (bicyclic) bond motifs is 1. The summed E-state index contributed by atoms with van der Waals surface area (Å²) in [6.07, 6.45) is 1.97. The molecule has 3 aromatic heterocycles. The largest absolute Gasteiger partial charge is 0.496 e. The molecule has 0 bridgehead atoms. The molecule has 4 aromatic rings. The van der Waals surface area contributed by atoms with E-state index >= 15 is 0 Å². The predicted molar refractivity (Wildman–Crippen MR) is 154 cm³/mol. The third-order valence-corrected chi connectivity index (χ3v) is 9.02. The van der Waals surface area contributed by atoms with Gasteiger partial charge >= 0.3 is 5.69 Å². The van der Waals surface area contributed by atoms with Crippen LogP contribution in [-0.4, -0.2) is 75.3 Å². The summed E-state index contributed by atoms with van der Waals surface area (Å²) in [5, 5.41) is 9.08. The summed E-state index contributed by atoms with van der Waals surface area (Å²) in [4.78, 5) is 57.0. The third-order valence-electron chi connectivity index (χ3n) is 7.74. The second-order valence-electron chi connectivity index (χ2n) is 10.3. The molecule has 0 radical (unpaired) electrons. The molecule has 13 nitrogen and oxygen atoms in total. The first-order chi connectivity index (χ1) is 20.5. The molecule has 1 fully saturated rings. The number of carbonyl (C=O) groups is 2. The first-order valence-electron chi connectivity index (χ1n) is 13.4. The zero-order valence-corrected chi connectivity index (χ0v) is 25.1. The lowest BCUT2D eigenvalue weighted by Gasteiger charge is -2.37. The van der Waals surface area contributed by atoms with Crippen LogP contribution in [0.25, 0.3) is 15.2 Å². The molecule has 4 heterocycles. The molecule has 1 saturated heterocycles. The number of likely N-dealkylation sites (tertiary alicyclic amines) is 1. The molecule has 1 aliphatic heterocycles. The van der Waals surface area contributed by atoms with Crippen molar-refractivity contribution in [3.63, 3.8) is 0 Å². The van der Waals surface area contributed by atoms with Gasteiger partial charge in [0, 0.05) is 31.7 Å². The lowest BCUT2D eigenvalue weighted by atomic mass is 9.89. The van der Waals surface area contributed by atoms with Gasteiger partial charge in [-0.05, 0) is 38.5 Å². The van der Waals surface area contributed by atoms with Crippen LogP contribution in [0.4, 0.5) is 4.39 Å². The van der Waals surface area contributed by atoms with Gasteiger partial charge in [-0.2, -0.15) is 10.2 Å². The number of imide groups is 1. The predicted octanol–water partition coefficient (Wildman–Crippen LogP) is 2.16. The van der Waals surface area contributed by atoms with Crippen molar-refractivity contribution < 1.29 is 28.2 Å². The number of nitrogens with zero attached hydrogens (tertiary/aromatic N) is 6. The van der Waals surface area contributed by atoms with Crippen molar-refractivity contribution in [3.8, 4) is 10.8 Å². The highest BCUT2D eigenvalue weighted by Crippen LogP contribution is 2.35. The van der Waals surface area contributed by atoms with Gasteiger partial charge in [-0.3, -0.25) is 23.9 Å². The Morgan fingerprint density at radius 3 is 2.51 bits per heavy atom. The van der Waals surface area contributed by atoms with Crippen LogP contribution in [-0.2, 0) is 31.1 Å². The molecular formula is C28H31FN6O7S. The first-order valence-corrected chi connectivity index (χ1v) is 14.3. The van der Waals surface area contributed by atoms with Gasteiger partial charge in [-0.1, -0.05) is 11.3 Å². The van der Waals surface area contributed by atoms with Gasteiger partial charge in [-0.25, -0.2) is 13.8 Å². The number of amides is 2. The summed E-state index contributed by atoms with van der Waals surface area (Å²) < 4.78 is 33.5. The lowest BCUT2D eigenvalue weighted by Crippen LogP contribution is -2.61. The molecule has 2 atom stereocenters. The highest BCUT2D eigenvalue weighted by molar-refractivity contribution is 7.21. The fourth-order valence-corrected chi connectivity index (χ4v) is 6.61. The Balaban J connectivity index is 1.79. The maximum atomic E-state index is 14.5. The molecule has 0 saturated carbocycles. The monoisotopic (exact) mass is 614 g/mol. The van der Waals surface area contributed by atoms with Gasteiger partial charge in [0.15, 0.2) is 0 Å². The number of rotatable bonds is 10. The Labute approximate surface area is 249 Å². The number of halogens is 1. The molecule has 2 amide bonds. The molecule has 0 aliphatic carbocycles. The van der Waals surface area contributed by atoms with Crippen LogP contribution in [0.2, 0.25) is 0 Å². The summed E-state index contributed by atoms with van der Waals surface area (Å²) >= 11 is 1.12. The summed E-state index contributed by atoms with van der Waals surface area (Å²) in [6, 6.07) is 3.97. The van der Waals surface area contributed by atoms with E-state index in [1.807, 2.05) is 0 Å². The number of likely N-dealkylation sites (N-methyl/N-ethyl adjacent to an activating group) is 1. The van der Waals surface area contributed by atoms with E-state index in [-0.39, 0.29) is 38.0 Å². The number of benzene rings is 1. The van der Waals surface area contributed by atoms with Gasteiger partial charge in [0.1, 0.15) is 33.0 Å². The summed E-state index contributed by atoms with van der Waals surface area (Å²) in [5.41, 5.74) is -2.27. The van der Waals surface area contributed by atoms with Crippen LogP contribution in [0.3, 0.4) is 0 Å². The third kappa shape index (κ3) is 5.17. The maximum Gasteiger partial charge on any atom is 0.333 e. The lowest BCUT2D eigenvalue weighted by molar-refractivity contribution is -0.154. The van der Waals surface area contributed by atoms with Crippen molar-refractivity contribution in [2.75, 3.05) is 34.5 Å². The van der Waals surface area contributed by atoms with Crippen LogP contribution in [0.5, 0.6) is 5.75 Å². The minimum Gasteiger partial charge on any atom is -0.496 e. The smallest absolute Gasteiger partial charge is 0.333 e. The number of aromatic nitrogens is 5. The second-order valence-corrected chi connectivity index (χ2v) is 11.3. The highest BCUT2D eigenvalue weighted by Gasteiger charge is 2.46. The van der Waals surface area contributed by atoms with E-state index in [2.05, 4.69) is 10.2 Å². The minimum atomic E-state index is -1.64. The topological polar surface area (TPSA) is 140 Å². The van der Waals surface area contributed by atoms with Crippen LogP contribution in [0.1, 0.15) is 37.0 Å². The maximum absolute atomic E-state index is 14.5. The fraction of sp³-hybridized carbons (Fsp3) is 0.429. The van der Waals surface area contributed by atoms with Crippen molar-refractivity contribution in [1.29, 1.82) is 0 Å². The normalized spacial score (nSPS) is 18.0. The molecule has 1 aliphatic rings. The number of hydrogen-bond acceptors (Lipinski definition) is 10. The summed E-state index contributed by atoms with van der Waals surface area (Å²) in [6.45, 7) is 3.34. The van der Waals surface area contributed by atoms with E-state index in [4.69, 9.17) is 14.2 Å². The Morgan fingerprint density at radius 2 is 1.84 bits per heavy atom.